The Morgan fingerprint density at radius 1 is 1.15 bits per heavy atom. The van der Waals surface area contributed by atoms with Crippen molar-refractivity contribution in [3.05, 3.63) is 69.8 Å². The molecule has 0 fully saturated rings. The number of anilines is 1. The lowest BCUT2D eigenvalue weighted by Gasteiger charge is -2.09. The Labute approximate surface area is 123 Å². The Hall–Kier alpha value is -2.21. The van der Waals surface area contributed by atoms with Crippen molar-refractivity contribution in [3.8, 4) is 0 Å². The fourth-order valence-corrected chi connectivity index (χ4v) is 2.18. The highest BCUT2D eigenvalue weighted by Gasteiger charge is 2.10. The minimum absolute atomic E-state index is 0.0394. The van der Waals surface area contributed by atoms with Crippen molar-refractivity contribution in [2.75, 3.05) is 5.32 Å². The van der Waals surface area contributed by atoms with Gasteiger partial charge >= 0.3 is 0 Å². The van der Waals surface area contributed by atoms with Gasteiger partial charge in [-0.15, -0.1) is 0 Å². The van der Waals surface area contributed by atoms with Crippen molar-refractivity contribution < 1.29 is 9.72 Å². The van der Waals surface area contributed by atoms with Gasteiger partial charge in [-0.25, -0.2) is 0 Å². The lowest BCUT2D eigenvalue weighted by molar-refractivity contribution is -0.384. The Morgan fingerprint density at radius 2 is 1.80 bits per heavy atom. The molecule has 2 aromatic carbocycles. The van der Waals surface area contributed by atoms with Gasteiger partial charge in [0.15, 0.2) is 0 Å². The number of alkyl halides is 1. The normalized spacial score (nSPS) is 10.1. The summed E-state index contributed by atoms with van der Waals surface area (Å²) in [5, 5.41) is 14.0. The van der Waals surface area contributed by atoms with Crippen LogP contribution >= 0.6 is 15.9 Å². The number of nitrogens with one attached hydrogen (secondary N) is 1. The van der Waals surface area contributed by atoms with Crippen LogP contribution in [-0.2, 0) is 5.33 Å². The lowest BCUT2D eigenvalue weighted by Crippen LogP contribution is -2.13. The first-order chi connectivity index (χ1) is 9.61. The van der Waals surface area contributed by atoms with Crippen LogP contribution in [-0.4, -0.2) is 10.8 Å². The van der Waals surface area contributed by atoms with Crippen LogP contribution in [0.1, 0.15) is 15.9 Å². The SMILES string of the molecule is O=C(Nc1ccccc1CBr)c1ccc([N+](=O)[O-])cc1. The van der Waals surface area contributed by atoms with Gasteiger partial charge in [0.1, 0.15) is 0 Å². The van der Waals surface area contributed by atoms with Crippen LogP contribution in [0.4, 0.5) is 11.4 Å². The summed E-state index contributed by atoms with van der Waals surface area (Å²) >= 11 is 3.35. The second kappa shape index (κ2) is 6.29. The van der Waals surface area contributed by atoms with Gasteiger partial charge in [-0.2, -0.15) is 0 Å². The molecule has 0 saturated carbocycles. The summed E-state index contributed by atoms with van der Waals surface area (Å²) in [6.07, 6.45) is 0. The zero-order chi connectivity index (χ0) is 14.5. The predicted molar refractivity (Wildman–Crippen MR) is 80.1 cm³/mol. The van der Waals surface area contributed by atoms with Crippen molar-refractivity contribution in [3.63, 3.8) is 0 Å². The number of non-ortho nitro benzene ring substituents is 1. The van der Waals surface area contributed by atoms with Crippen molar-refractivity contribution in [1.82, 2.24) is 0 Å². The molecule has 0 radical (unpaired) electrons. The van der Waals surface area contributed by atoms with E-state index in [1.807, 2.05) is 18.2 Å². The van der Waals surface area contributed by atoms with E-state index < -0.39 is 4.92 Å². The van der Waals surface area contributed by atoms with E-state index in [-0.39, 0.29) is 11.6 Å². The standard InChI is InChI=1S/C14H11BrN2O3/c15-9-11-3-1-2-4-13(11)16-14(18)10-5-7-12(8-6-10)17(19)20/h1-8H,9H2,(H,16,18). The van der Waals surface area contributed by atoms with Crippen molar-refractivity contribution >= 4 is 33.2 Å². The molecular formula is C14H11BrN2O3. The number of nitrogens with zero attached hydrogens (tertiary/aromatic N) is 1. The molecule has 6 heteroatoms. The van der Waals surface area contributed by atoms with Crippen LogP contribution in [0.5, 0.6) is 0 Å². The molecule has 0 heterocycles. The zero-order valence-corrected chi connectivity index (χ0v) is 12.0. The number of halogens is 1. The average Bonchev–Trinajstić information content (AvgIpc) is 2.48. The number of rotatable bonds is 4. The van der Waals surface area contributed by atoms with Crippen molar-refractivity contribution in [1.29, 1.82) is 0 Å². The topological polar surface area (TPSA) is 72.2 Å². The quantitative estimate of drug-likeness (QED) is 0.525. The number of benzene rings is 2. The van der Waals surface area contributed by atoms with Gasteiger partial charge < -0.3 is 5.32 Å². The Balaban J connectivity index is 2.17. The second-order valence-corrected chi connectivity index (χ2v) is 4.61. The average molecular weight is 335 g/mol. The number of hydrogen-bond acceptors (Lipinski definition) is 3. The number of para-hydroxylation sites is 1. The van der Waals surface area contributed by atoms with Crippen molar-refractivity contribution in [2.45, 2.75) is 5.33 Å². The maximum Gasteiger partial charge on any atom is 0.269 e. The summed E-state index contributed by atoms with van der Waals surface area (Å²) in [7, 11) is 0. The molecule has 0 spiro atoms. The number of carbonyl (C=O) groups is 1. The summed E-state index contributed by atoms with van der Waals surface area (Å²) in [6, 6.07) is 12.9. The number of carbonyl (C=O) groups excluding carboxylic acids is 1. The Bertz CT molecular complexity index is 641. The minimum Gasteiger partial charge on any atom is -0.322 e. The molecule has 2 aromatic rings. The number of nitro groups is 1. The largest absolute Gasteiger partial charge is 0.322 e. The van der Waals surface area contributed by atoms with Crippen LogP contribution in [0.15, 0.2) is 48.5 Å². The molecule has 0 aliphatic rings. The van der Waals surface area contributed by atoms with Crippen LogP contribution in [0.2, 0.25) is 0 Å². The fraction of sp³-hybridized carbons (Fsp3) is 0.0714. The van der Waals surface area contributed by atoms with E-state index in [0.29, 0.717) is 16.6 Å². The summed E-state index contributed by atoms with van der Waals surface area (Å²) in [5.41, 5.74) is 2.01. The van der Waals surface area contributed by atoms with Gasteiger partial charge in [-0.05, 0) is 23.8 Å². The molecular weight excluding hydrogens is 324 g/mol. The molecule has 0 bridgehead atoms. The number of amides is 1. The van der Waals surface area contributed by atoms with Crippen LogP contribution in [0.25, 0.3) is 0 Å². The molecule has 1 N–H and O–H groups in total. The van der Waals surface area contributed by atoms with Crippen LogP contribution in [0, 0.1) is 10.1 Å². The van der Waals surface area contributed by atoms with Gasteiger partial charge in [-0.1, -0.05) is 34.1 Å². The molecule has 102 valence electrons. The smallest absolute Gasteiger partial charge is 0.269 e. The summed E-state index contributed by atoms with van der Waals surface area (Å²) in [5.74, 6) is -0.298. The Morgan fingerprint density at radius 3 is 2.40 bits per heavy atom. The summed E-state index contributed by atoms with van der Waals surface area (Å²) in [4.78, 5) is 22.1. The first kappa shape index (κ1) is 14.2. The molecule has 0 unspecified atom stereocenters. The fourth-order valence-electron chi connectivity index (χ4n) is 1.69. The van der Waals surface area contributed by atoms with Gasteiger partial charge in [0.25, 0.3) is 11.6 Å². The Kier molecular flexibility index (Phi) is 4.47. The zero-order valence-electron chi connectivity index (χ0n) is 10.4. The monoisotopic (exact) mass is 334 g/mol. The third kappa shape index (κ3) is 3.21. The highest BCUT2D eigenvalue weighted by atomic mass is 79.9. The van der Waals surface area contributed by atoms with E-state index in [2.05, 4.69) is 21.2 Å². The molecule has 0 aliphatic heterocycles. The first-order valence-electron chi connectivity index (χ1n) is 5.81. The number of hydrogen-bond donors (Lipinski definition) is 1. The van der Waals surface area contributed by atoms with Crippen molar-refractivity contribution in [2.24, 2.45) is 0 Å². The van der Waals surface area contributed by atoms with Gasteiger partial charge in [0.2, 0.25) is 0 Å². The van der Waals surface area contributed by atoms with Crippen LogP contribution in [0.3, 0.4) is 0 Å². The van der Waals surface area contributed by atoms with Crippen LogP contribution < -0.4 is 5.32 Å². The van der Waals surface area contributed by atoms with Gasteiger partial charge in [-0.3, -0.25) is 14.9 Å². The summed E-state index contributed by atoms with van der Waals surface area (Å²) in [6.45, 7) is 0. The molecule has 0 saturated heterocycles. The maximum atomic E-state index is 12.1. The second-order valence-electron chi connectivity index (χ2n) is 4.05. The van der Waals surface area contributed by atoms with E-state index in [4.69, 9.17) is 0 Å². The van der Waals surface area contributed by atoms with Gasteiger partial charge in [0, 0.05) is 28.7 Å². The van der Waals surface area contributed by atoms with E-state index in [9.17, 15) is 14.9 Å². The predicted octanol–water partition coefficient (Wildman–Crippen LogP) is 3.74. The lowest BCUT2D eigenvalue weighted by atomic mass is 10.1. The molecule has 2 rings (SSSR count). The third-order valence-electron chi connectivity index (χ3n) is 2.75. The minimum atomic E-state index is -0.498. The first-order valence-corrected chi connectivity index (χ1v) is 6.93. The maximum absolute atomic E-state index is 12.1. The summed E-state index contributed by atoms with van der Waals surface area (Å²) < 4.78 is 0. The third-order valence-corrected chi connectivity index (χ3v) is 3.35. The van der Waals surface area contributed by atoms with Gasteiger partial charge in [0.05, 0.1) is 4.92 Å². The molecule has 1 amide bonds. The van der Waals surface area contributed by atoms with E-state index in [1.54, 1.807) is 6.07 Å². The molecule has 0 aromatic heterocycles. The molecule has 0 aliphatic carbocycles. The highest BCUT2D eigenvalue weighted by molar-refractivity contribution is 9.08. The van der Waals surface area contributed by atoms with E-state index in [1.165, 1.54) is 24.3 Å². The molecule has 20 heavy (non-hydrogen) atoms. The number of nitro benzene ring substituents is 1. The highest BCUT2D eigenvalue weighted by Crippen LogP contribution is 2.19. The molecule has 0 atom stereocenters. The van der Waals surface area contributed by atoms with E-state index in [0.717, 1.165) is 5.56 Å². The van der Waals surface area contributed by atoms with E-state index >= 15 is 0 Å². The molecule has 5 nitrogen and oxygen atoms in total.